The highest BCUT2D eigenvalue weighted by Crippen LogP contribution is 2.46. The average Bonchev–Trinajstić information content (AvgIpc) is 3.28. The van der Waals surface area contributed by atoms with E-state index in [9.17, 15) is 9.59 Å². The predicted molar refractivity (Wildman–Crippen MR) is 139 cm³/mol. The Morgan fingerprint density at radius 2 is 1.89 bits per heavy atom. The molecule has 0 radical (unpaired) electrons. The molecular formula is C27H32N4O7. The van der Waals surface area contributed by atoms with Gasteiger partial charge in [0.15, 0.2) is 6.10 Å². The molecule has 0 bridgehead atoms. The van der Waals surface area contributed by atoms with E-state index in [0.29, 0.717) is 29.9 Å². The molecule has 0 spiro atoms. The Morgan fingerprint density at radius 3 is 2.53 bits per heavy atom. The van der Waals surface area contributed by atoms with E-state index in [4.69, 9.17) is 34.6 Å². The van der Waals surface area contributed by atoms with Crippen LogP contribution in [0.1, 0.15) is 57.3 Å². The highest BCUT2D eigenvalue weighted by atomic mass is 16.6. The van der Waals surface area contributed by atoms with Crippen LogP contribution >= 0.6 is 0 Å². The van der Waals surface area contributed by atoms with Gasteiger partial charge in [-0.25, -0.2) is 9.79 Å². The van der Waals surface area contributed by atoms with Gasteiger partial charge < -0.3 is 24.1 Å². The zero-order valence-electron chi connectivity index (χ0n) is 21.9. The number of ether oxygens (including phenoxy) is 4. The van der Waals surface area contributed by atoms with E-state index >= 15 is 0 Å². The van der Waals surface area contributed by atoms with Crippen molar-refractivity contribution in [2.75, 3.05) is 20.3 Å². The second-order valence-electron chi connectivity index (χ2n) is 9.62. The standard InChI is InChI=1S/C27H32N4O7/c1-26(2,3)38-22(33)14-15-27(25(34)35-4)23(20-8-5-6-9-21(20)30-31-28)37-24(29-27)18-10-12-19(13-11-18)36-17-7-16-32/h5-6,8-13,23,32H,7,14-17H2,1-4H3/t23-,27-/m1/s1. The van der Waals surface area contributed by atoms with E-state index < -0.39 is 29.2 Å². The third-order valence-electron chi connectivity index (χ3n) is 5.68. The van der Waals surface area contributed by atoms with Gasteiger partial charge in [-0.05, 0) is 57.0 Å². The molecule has 3 rings (SSSR count). The van der Waals surface area contributed by atoms with Crippen molar-refractivity contribution in [2.45, 2.75) is 57.3 Å². The SMILES string of the molecule is COC(=O)[C@]1(CCC(=O)OC(C)(C)C)N=C(c2ccc(OCCCO)cc2)O[C@@H]1c1ccccc1N=[N+]=[N-]. The van der Waals surface area contributed by atoms with E-state index in [0.717, 1.165) is 0 Å². The van der Waals surface area contributed by atoms with Gasteiger partial charge in [0.25, 0.3) is 0 Å². The normalized spacial score (nSPS) is 18.6. The summed E-state index contributed by atoms with van der Waals surface area (Å²) in [6, 6.07) is 13.6. The number of carbonyl (C=O) groups excluding carboxylic acids is 2. The molecule has 0 amide bonds. The molecule has 1 N–H and O–H groups in total. The second kappa shape index (κ2) is 12.4. The van der Waals surface area contributed by atoms with Crippen LogP contribution in [0.2, 0.25) is 0 Å². The van der Waals surface area contributed by atoms with Crippen LogP contribution in [0.25, 0.3) is 10.4 Å². The molecular weight excluding hydrogens is 492 g/mol. The molecule has 0 unspecified atom stereocenters. The van der Waals surface area contributed by atoms with Crippen LogP contribution < -0.4 is 4.74 Å². The first kappa shape index (κ1) is 28.5. The molecule has 0 saturated heterocycles. The molecule has 38 heavy (non-hydrogen) atoms. The number of rotatable bonds is 11. The number of aliphatic hydroxyl groups is 1. The zero-order valence-corrected chi connectivity index (χ0v) is 21.9. The second-order valence-corrected chi connectivity index (χ2v) is 9.62. The van der Waals surface area contributed by atoms with Crippen molar-refractivity contribution in [2.24, 2.45) is 10.1 Å². The van der Waals surface area contributed by atoms with Crippen molar-refractivity contribution >= 4 is 23.5 Å². The summed E-state index contributed by atoms with van der Waals surface area (Å²) in [4.78, 5) is 33.6. The van der Waals surface area contributed by atoms with Gasteiger partial charge in [0.05, 0.1) is 13.7 Å². The van der Waals surface area contributed by atoms with Crippen LogP contribution in [0.3, 0.4) is 0 Å². The summed E-state index contributed by atoms with van der Waals surface area (Å²) >= 11 is 0. The summed E-state index contributed by atoms with van der Waals surface area (Å²) in [6.45, 7) is 5.66. The third-order valence-corrected chi connectivity index (χ3v) is 5.68. The third kappa shape index (κ3) is 6.81. The van der Waals surface area contributed by atoms with Gasteiger partial charge in [-0.15, -0.1) is 0 Å². The summed E-state index contributed by atoms with van der Waals surface area (Å²) in [5.41, 5.74) is 7.98. The number of methoxy groups -OCH3 is 1. The Labute approximate surface area is 221 Å². The molecule has 2 aromatic carbocycles. The molecule has 0 aromatic heterocycles. The number of azide groups is 1. The number of esters is 2. The van der Waals surface area contributed by atoms with Crippen LogP contribution in [-0.4, -0.2) is 54.4 Å². The summed E-state index contributed by atoms with van der Waals surface area (Å²) < 4.78 is 22.5. The number of aliphatic hydroxyl groups excluding tert-OH is 1. The molecule has 11 heteroatoms. The van der Waals surface area contributed by atoms with Crippen LogP contribution in [0.4, 0.5) is 5.69 Å². The molecule has 2 atom stereocenters. The number of hydrogen-bond acceptors (Lipinski definition) is 9. The van der Waals surface area contributed by atoms with Crippen molar-refractivity contribution in [3.8, 4) is 5.75 Å². The zero-order chi connectivity index (χ0) is 27.8. The fraction of sp³-hybridized carbons (Fsp3) is 0.444. The van der Waals surface area contributed by atoms with Gasteiger partial charge in [-0.1, -0.05) is 29.4 Å². The molecule has 0 saturated carbocycles. The molecule has 1 heterocycles. The first-order valence-corrected chi connectivity index (χ1v) is 12.2. The first-order chi connectivity index (χ1) is 18.1. The van der Waals surface area contributed by atoms with Gasteiger partial charge in [0.1, 0.15) is 11.4 Å². The molecule has 1 aliphatic heterocycles. The van der Waals surface area contributed by atoms with Gasteiger partial charge in [-0.2, -0.15) is 0 Å². The average molecular weight is 525 g/mol. The molecule has 0 fully saturated rings. The maximum absolute atomic E-state index is 13.4. The Kier molecular flexibility index (Phi) is 9.33. The van der Waals surface area contributed by atoms with Crippen LogP contribution in [0, 0.1) is 0 Å². The van der Waals surface area contributed by atoms with E-state index in [1.807, 2.05) is 0 Å². The maximum Gasteiger partial charge on any atom is 0.338 e. The lowest BCUT2D eigenvalue weighted by molar-refractivity contribution is -0.157. The number of benzene rings is 2. The summed E-state index contributed by atoms with van der Waals surface area (Å²) in [5.74, 6) is -0.464. The lowest BCUT2D eigenvalue weighted by atomic mass is 9.83. The van der Waals surface area contributed by atoms with Crippen LogP contribution in [0.15, 0.2) is 58.6 Å². The molecule has 1 aliphatic rings. The summed E-state index contributed by atoms with van der Waals surface area (Å²) in [7, 11) is 1.24. The fourth-order valence-electron chi connectivity index (χ4n) is 4.03. The Morgan fingerprint density at radius 1 is 1.18 bits per heavy atom. The quantitative estimate of drug-likeness (QED) is 0.144. The van der Waals surface area contributed by atoms with Crippen molar-refractivity contribution < 1.29 is 33.6 Å². The maximum atomic E-state index is 13.4. The topological polar surface area (TPSA) is 152 Å². The van der Waals surface area contributed by atoms with Crippen molar-refractivity contribution in [1.29, 1.82) is 0 Å². The Hall–Kier alpha value is -4.08. The fourth-order valence-corrected chi connectivity index (χ4v) is 4.03. The minimum atomic E-state index is -1.65. The smallest absolute Gasteiger partial charge is 0.338 e. The number of carbonyl (C=O) groups is 2. The first-order valence-electron chi connectivity index (χ1n) is 12.2. The van der Waals surface area contributed by atoms with Crippen molar-refractivity contribution in [1.82, 2.24) is 0 Å². The Balaban J connectivity index is 2.04. The van der Waals surface area contributed by atoms with E-state index in [2.05, 4.69) is 10.0 Å². The van der Waals surface area contributed by atoms with Crippen LogP contribution in [-0.2, 0) is 23.8 Å². The van der Waals surface area contributed by atoms with E-state index in [1.54, 1.807) is 69.3 Å². The largest absolute Gasteiger partial charge is 0.494 e. The van der Waals surface area contributed by atoms with Crippen molar-refractivity contribution in [3.05, 3.63) is 70.1 Å². The predicted octanol–water partition coefficient (Wildman–Crippen LogP) is 4.94. The van der Waals surface area contributed by atoms with Gasteiger partial charge >= 0.3 is 11.9 Å². The number of nitrogens with zero attached hydrogens (tertiary/aromatic N) is 4. The lowest BCUT2D eigenvalue weighted by Gasteiger charge is -2.30. The number of hydrogen-bond donors (Lipinski definition) is 1. The van der Waals surface area contributed by atoms with Crippen molar-refractivity contribution in [3.63, 3.8) is 0 Å². The van der Waals surface area contributed by atoms with E-state index in [-0.39, 0.29) is 31.0 Å². The summed E-state index contributed by atoms with van der Waals surface area (Å²) in [5, 5.41) is 12.7. The molecule has 2 aromatic rings. The molecule has 0 aliphatic carbocycles. The highest BCUT2D eigenvalue weighted by molar-refractivity contribution is 6.00. The van der Waals surface area contributed by atoms with Gasteiger partial charge in [-0.3, -0.25) is 4.79 Å². The highest BCUT2D eigenvalue weighted by Gasteiger charge is 2.55. The minimum absolute atomic E-state index is 0.0281. The van der Waals surface area contributed by atoms with Crippen LogP contribution in [0.5, 0.6) is 5.75 Å². The molecule has 11 nitrogen and oxygen atoms in total. The molecule has 202 valence electrons. The monoisotopic (exact) mass is 524 g/mol. The van der Waals surface area contributed by atoms with E-state index in [1.165, 1.54) is 7.11 Å². The summed E-state index contributed by atoms with van der Waals surface area (Å²) in [6.07, 6.45) is -0.752. The van der Waals surface area contributed by atoms with Gasteiger partial charge in [0.2, 0.25) is 11.4 Å². The number of aliphatic imine (C=N–C) groups is 1. The van der Waals surface area contributed by atoms with Gasteiger partial charge in [0, 0.05) is 41.2 Å². The lowest BCUT2D eigenvalue weighted by Crippen LogP contribution is -2.42. The Bertz CT molecular complexity index is 1220. The minimum Gasteiger partial charge on any atom is -0.494 e.